The van der Waals surface area contributed by atoms with Gasteiger partial charge in [0.1, 0.15) is 16.8 Å². The van der Waals surface area contributed by atoms with E-state index in [-0.39, 0.29) is 30.0 Å². The molecule has 0 atom stereocenters. The number of fused-ring (bicyclic) bond motifs is 1. The summed E-state index contributed by atoms with van der Waals surface area (Å²) >= 11 is 6.05. The van der Waals surface area contributed by atoms with Crippen LogP contribution in [0.2, 0.25) is 0 Å². The van der Waals surface area contributed by atoms with Crippen molar-refractivity contribution in [3.8, 4) is 11.4 Å². The molecular weight excluding hydrogens is 437 g/mol. The summed E-state index contributed by atoms with van der Waals surface area (Å²) in [6, 6.07) is 5.85. The van der Waals surface area contributed by atoms with Gasteiger partial charge in [-0.2, -0.15) is 4.98 Å². The Hall–Kier alpha value is -3.07. The molecule has 8 nitrogen and oxygen atoms in total. The highest BCUT2D eigenvalue weighted by molar-refractivity contribution is 6.66. The van der Waals surface area contributed by atoms with Crippen LogP contribution in [0.15, 0.2) is 43.4 Å². The molecule has 0 bridgehead atoms. The van der Waals surface area contributed by atoms with E-state index >= 15 is 0 Å². The number of unbranched alkanes of at least 4 members (excludes halogenated alkanes) is 2. The highest BCUT2D eigenvalue weighted by Crippen LogP contribution is 2.24. The van der Waals surface area contributed by atoms with Crippen LogP contribution in [0.25, 0.3) is 11.4 Å². The van der Waals surface area contributed by atoms with E-state index in [0.29, 0.717) is 59.6 Å². The lowest BCUT2D eigenvalue weighted by atomic mass is 10.2. The Morgan fingerprint density at radius 2 is 1.84 bits per heavy atom. The molecule has 2 aromatic heterocycles. The van der Waals surface area contributed by atoms with Gasteiger partial charge in [-0.3, -0.25) is 13.9 Å². The van der Waals surface area contributed by atoms with Crippen molar-refractivity contribution in [3.05, 3.63) is 62.4 Å². The third-order valence-corrected chi connectivity index (χ3v) is 5.59. The molecular formula is C22H23ClFN5O3. The van der Waals surface area contributed by atoms with Gasteiger partial charge in [-0.15, -0.1) is 0 Å². The van der Waals surface area contributed by atoms with Crippen LogP contribution < -0.4 is 11.2 Å². The highest BCUT2D eigenvalue weighted by atomic mass is 35.5. The van der Waals surface area contributed by atoms with Gasteiger partial charge in [0.25, 0.3) is 5.56 Å². The molecule has 10 heteroatoms. The number of hydrogen-bond acceptors (Lipinski definition) is 6. The summed E-state index contributed by atoms with van der Waals surface area (Å²) in [4.78, 5) is 34.4. The molecule has 0 unspecified atom stereocenters. The Balaban J connectivity index is 1.43. The molecule has 168 valence electrons. The van der Waals surface area contributed by atoms with Gasteiger partial charge >= 0.3 is 5.69 Å². The molecule has 0 saturated heterocycles. The summed E-state index contributed by atoms with van der Waals surface area (Å²) < 4.78 is 21.2. The Labute approximate surface area is 188 Å². The minimum Gasteiger partial charge on any atom is -0.339 e. The highest BCUT2D eigenvalue weighted by Gasteiger charge is 2.24. The molecule has 0 saturated carbocycles. The number of benzene rings is 1. The molecule has 1 aliphatic heterocycles. The second-order valence-electron chi connectivity index (χ2n) is 7.69. The number of aromatic nitrogens is 4. The second kappa shape index (κ2) is 9.60. The van der Waals surface area contributed by atoms with Crippen molar-refractivity contribution in [2.75, 3.05) is 0 Å². The summed E-state index contributed by atoms with van der Waals surface area (Å²) in [7, 11) is 0. The van der Waals surface area contributed by atoms with E-state index in [0.717, 1.165) is 12.8 Å². The number of nitrogens with zero attached hydrogens (tertiary/aromatic N) is 5. The fourth-order valence-electron chi connectivity index (χ4n) is 3.66. The summed E-state index contributed by atoms with van der Waals surface area (Å²) in [5.41, 5.74) is 0.466. The molecule has 0 spiro atoms. The maximum atomic E-state index is 13.1. The van der Waals surface area contributed by atoms with Crippen molar-refractivity contribution in [1.29, 1.82) is 0 Å². The quantitative estimate of drug-likeness (QED) is 0.453. The minimum absolute atomic E-state index is 0.260. The third kappa shape index (κ3) is 4.57. The molecule has 3 heterocycles. The maximum absolute atomic E-state index is 13.1. The summed E-state index contributed by atoms with van der Waals surface area (Å²) in [6.45, 7) is 2.82. The Morgan fingerprint density at radius 1 is 1.09 bits per heavy atom. The number of aliphatic imine (C=N–C) groups is 1. The van der Waals surface area contributed by atoms with Crippen LogP contribution in [-0.2, 0) is 25.9 Å². The van der Waals surface area contributed by atoms with E-state index in [9.17, 15) is 14.0 Å². The molecule has 3 aromatic rings. The number of hydrogen-bond donors (Lipinski definition) is 0. The van der Waals surface area contributed by atoms with Crippen molar-refractivity contribution in [2.24, 2.45) is 4.99 Å². The first-order valence-electron chi connectivity index (χ1n) is 10.7. The lowest BCUT2D eigenvalue weighted by Crippen LogP contribution is -2.41. The first-order valence-corrected chi connectivity index (χ1v) is 11.0. The predicted octanol–water partition coefficient (Wildman–Crippen LogP) is 3.85. The van der Waals surface area contributed by atoms with Gasteiger partial charge in [-0.25, -0.2) is 14.2 Å². The summed E-state index contributed by atoms with van der Waals surface area (Å²) in [5, 5.41) is 4.25. The third-order valence-electron chi connectivity index (χ3n) is 5.37. The Morgan fingerprint density at radius 3 is 2.59 bits per heavy atom. The SMILES string of the molecule is CCCCn1c2c(c(=O)n(CCCCc3nc(-c4ccc(F)cc4)no3)c1=O)CC(Cl)=N2. The molecule has 0 amide bonds. The van der Waals surface area contributed by atoms with Crippen molar-refractivity contribution in [1.82, 2.24) is 19.3 Å². The van der Waals surface area contributed by atoms with E-state index in [1.54, 1.807) is 16.7 Å². The van der Waals surface area contributed by atoms with Crippen molar-refractivity contribution < 1.29 is 8.91 Å². The van der Waals surface area contributed by atoms with E-state index in [2.05, 4.69) is 15.1 Å². The maximum Gasteiger partial charge on any atom is 0.332 e. The summed E-state index contributed by atoms with van der Waals surface area (Å²) in [5.74, 6) is 0.910. The number of rotatable bonds is 9. The molecule has 0 radical (unpaired) electrons. The smallest absolute Gasteiger partial charge is 0.332 e. The van der Waals surface area contributed by atoms with Crippen LogP contribution >= 0.6 is 11.6 Å². The van der Waals surface area contributed by atoms with Crippen molar-refractivity contribution in [3.63, 3.8) is 0 Å². The molecule has 1 aromatic carbocycles. The standard InChI is InChI=1S/C22H23ClFN5O3/c1-2-3-11-28-20-16(13-17(23)25-20)21(30)29(22(28)31)12-5-4-6-18-26-19(27-32-18)14-7-9-15(24)10-8-14/h7-10H,2-6,11-13H2,1H3. The topological polar surface area (TPSA) is 95.3 Å². The van der Waals surface area contributed by atoms with Crippen LogP contribution in [0.4, 0.5) is 10.2 Å². The lowest BCUT2D eigenvalue weighted by Gasteiger charge is -2.13. The van der Waals surface area contributed by atoms with Crippen LogP contribution in [0.5, 0.6) is 0 Å². The van der Waals surface area contributed by atoms with Gasteiger partial charge in [0, 0.05) is 31.5 Å². The van der Waals surface area contributed by atoms with Gasteiger partial charge < -0.3 is 4.52 Å². The predicted molar refractivity (Wildman–Crippen MR) is 119 cm³/mol. The van der Waals surface area contributed by atoms with Gasteiger partial charge in [-0.05, 0) is 43.5 Å². The zero-order valence-corrected chi connectivity index (χ0v) is 18.4. The Bertz CT molecular complexity index is 1260. The van der Waals surface area contributed by atoms with Gasteiger partial charge in [0.2, 0.25) is 11.7 Å². The molecule has 32 heavy (non-hydrogen) atoms. The largest absolute Gasteiger partial charge is 0.339 e. The fourth-order valence-corrected chi connectivity index (χ4v) is 3.87. The molecule has 0 N–H and O–H groups in total. The second-order valence-corrected chi connectivity index (χ2v) is 8.12. The van der Waals surface area contributed by atoms with Crippen LogP contribution in [0.1, 0.15) is 44.1 Å². The zero-order valence-electron chi connectivity index (χ0n) is 17.7. The van der Waals surface area contributed by atoms with Gasteiger partial charge in [0.15, 0.2) is 0 Å². The monoisotopic (exact) mass is 459 g/mol. The van der Waals surface area contributed by atoms with E-state index in [1.807, 2.05) is 6.92 Å². The fraction of sp³-hybridized carbons (Fsp3) is 0.409. The first kappa shape index (κ1) is 22.1. The van der Waals surface area contributed by atoms with Crippen LogP contribution in [0.3, 0.4) is 0 Å². The lowest BCUT2D eigenvalue weighted by molar-refractivity contribution is 0.372. The summed E-state index contributed by atoms with van der Waals surface area (Å²) in [6.07, 6.45) is 3.74. The molecule has 1 aliphatic rings. The van der Waals surface area contributed by atoms with Gasteiger partial charge in [0.05, 0.1) is 5.56 Å². The minimum atomic E-state index is -0.353. The average Bonchev–Trinajstić information content (AvgIpc) is 3.40. The van der Waals surface area contributed by atoms with Gasteiger partial charge in [-0.1, -0.05) is 30.1 Å². The zero-order chi connectivity index (χ0) is 22.7. The first-order chi connectivity index (χ1) is 15.5. The van der Waals surface area contributed by atoms with E-state index in [4.69, 9.17) is 16.1 Å². The van der Waals surface area contributed by atoms with E-state index < -0.39 is 0 Å². The molecule has 0 fully saturated rings. The van der Waals surface area contributed by atoms with Crippen LogP contribution in [-0.4, -0.2) is 24.4 Å². The van der Waals surface area contributed by atoms with Crippen molar-refractivity contribution >= 4 is 22.6 Å². The number of aryl methyl sites for hydroxylation is 1. The molecule has 4 rings (SSSR count). The normalized spacial score (nSPS) is 12.8. The van der Waals surface area contributed by atoms with E-state index in [1.165, 1.54) is 16.7 Å². The average molecular weight is 460 g/mol. The van der Waals surface area contributed by atoms with Crippen molar-refractivity contribution in [2.45, 2.75) is 58.5 Å². The molecule has 0 aliphatic carbocycles. The Kier molecular flexibility index (Phi) is 6.64. The number of halogens is 2. The van der Waals surface area contributed by atoms with Crippen LogP contribution in [0, 0.1) is 5.82 Å².